The second-order valence-electron chi connectivity index (χ2n) is 5.16. The molecule has 0 spiro atoms. The van der Waals surface area contributed by atoms with Crippen LogP contribution >= 0.6 is 11.3 Å². The molecule has 0 radical (unpaired) electrons. The molecular weight excluding hydrogens is 354 g/mol. The molecule has 0 aliphatic carbocycles. The van der Waals surface area contributed by atoms with Gasteiger partial charge in [0.15, 0.2) is 29.0 Å². The largest absolute Gasteiger partial charge is 0.203 e. The van der Waals surface area contributed by atoms with E-state index >= 15 is 0 Å². The summed E-state index contributed by atoms with van der Waals surface area (Å²) >= 11 is 1.21. The van der Waals surface area contributed by atoms with Crippen LogP contribution in [0.15, 0.2) is 30.3 Å². The van der Waals surface area contributed by atoms with Gasteiger partial charge in [0.05, 0.1) is 15.6 Å². The number of nitriles is 1. The highest BCUT2D eigenvalue weighted by Crippen LogP contribution is 2.39. The molecular formula is C17H5F4N3S. The molecule has 8 heteroatoms. The Kier molecular flexibility index (Phi) is 3.40. The molecule has 0 N–H and O–H groups in total. The molecule has 2 aromatic heterocycles. The molecule has 4 aromatic rings. The van der Waals surface area contributed by atoms with Crippen molar-refractivity contribution in [1.82, 2.24) is 10.2 Å². The quantitative estimate of drug-likeness (QED) is 0.275. The predicted molar refractivity (Wildman–Crippen MR) is 84.9 cm³/mol. The molecule has 0 aliphatic rings. The molecule has 4 rings (SSSR count). The molecule has 0 amide bonds. The number of halogens is 4. The smallest absolute Gasteiger partial charge is 0.198 e. The molecule has 2 heterocycles. The van der Waals surface area contributed by atoms with Crippen LogP contribution in [0.5, 0.6) is 0 Å². The van der Waals surface area contributed by atoms with E-state index in [1.165, 1.54) is 17.4 Å². The second-order valence-corrected chi connectivity index (χ2v) is 6.25. The van der Waals surface area contributed by atoms with Crippen LogP contribution in [0.2, 0.25) is 0 Å². The lowest BCUT2D eigenvalue weighted by atomic mass is 10.1. The van der Waals surface area contributed by atoms with Gasteiger partial charge < -0.3 is 0 Å². The SMILES string of the molecule is N#Cc1nnc(-c2cc3ccccc3s2)c2c(F)c(F)c(F)c(F)c12. The van der Waals surface area contributed by atoms with Crippen molar-refractivity contribution in [2.75, 3.05) is 0 Å². The van der Waals surface area contributed by atoms with Gasteiger partial charge >= 0.3 is 0 Å². The number of hydrogen-bond donors (Lipinski definition) is 0. The fourth-order valence-electron chi connectivity index (χ4n) is 2.63. The van der Waals surface area contributed by atoms with Crippen molar-refractivity contribution in [3.63, 3.8) is 0 Å². The first-order valence-corrected chi connectivity index (χ1v) is 7.76. The van der Waals surface area contributed by atoms with E-state index in [1.54, 1.807) is 18.2 Å². The zero-order chi connectivity index (χ0) is 17.7. The maximum atomic E-state index is 14.4. The third kappa shape index (κ3) is 2.16. The van der Waals surface area contributed by atoms with Crippen LogP contribution in [0.1, 0.15) is 5.69 Å². The Morgan fingerprint density at radius 3 is 2.24 bits per heavy atom. The maximum Gasteiger partial charge on any atom is 0.198 e. The van der Waals surface area contributed by atoms with Gasteiger partial charge in [0.25, 0.3) is 0 Å². The summed E-state index contributed by atoms with van der Waals surface area (Å²) < 4.78 is 56.8. The summed E-state index contributed by atoms with van der Waals surface area (Å²) in [6.07, 6.45) is 0. The molecule has 122 valence electrons. The minimum Gasteiger partial charge on any atom is -0.203 e. The van der Waals surface area contributed by atoms with E-state index in [0.717, 1.165) is 10.1 Å². The van der Waals surface area contributed by atoms with E-state index in [0.29, 0.717) is 4.88 Å². The Balaban J connectivity index is 2.17. The first-order chi connectivity index (χ1) is 12.0. The number of nitrogens with zero attached hydrogens (tertiary/aromatic N) is 3. The van der Waals surface area contributed by atoms with Crippen molar-refractivity contribution in [3.8, 4) is 16.6 Å². The second kappa shape index (κ2) is 5.50. The lowest BCUT2D eigenvalue weighted by Crippen LogP contribution is -2.04. The molecule has 3 nitrogen and oxygen atoms in total. The van der Waals surface area contributed by atoms with Crippen LogP contribution < -0.4 is 0 Å². The van der Waals surface area contributed by atoms with Gasteiger partial charge in [-0.1, -0.05) is 18.2 Å². The van der Waals surface area contributed by atoms with Crippen LogP contribution in [-0.4, -0.2) is 10.2 Å². The number of rotatable bonds is 1. The summed E-state index contributed by atoms with van der Waals surface area (Å²) in [7, 11) is 0. The summed E-state index contributed by atoms with van der Waals surface area (Å²) in [5.41, 5.74) is -0.763. The molecule has 0 saturated carbocycles. The van der Waals surface area contributed by atoms with Crippen LogP contribution in [0.4, 0.5) is 17.6 Å². The fourth-order valence-corrected chi connectivity index (χ4v) is 3.68. The number of thiophene rings is 1. The molecule has 0 unspecified atom stereocenters. The van der Waals surface area contributed by atoms with Crippen LogP contribution in [0, 0.1) is 34.6 Å². The topological polar surface area (TPSA) is 49.6 Å². The van der Waals surface area contributed by atoms with E-state index < -0.39 is 39.7 Å². The number of fused-ring (bicyclic) bond motifs is 2. The van der Waals surface area contributed by atoms with E-state index in [1.807, 2.05) is 12.1 Å². The first kappa shape index (κ1) is 15.5. The van der Waals surface area contributed by atoms with Crippen LogP contribution in [0.3, 0.4) is 0 Å². The Bertz CT molecular complexity index is 1180. The van der Waals surface area contributed by atoms with Crippen molar-refractivity contribution in [3.05, 3.63) is 59.3 Å². The van der Waals surface area contributed by atoms with Crippen molar-refractivity contribution in [2.24, 2.45) is 0 Å². The molecule has 0 fully saturated rings. The highest BCUT2D eigenvalue weighted by atomic mass is 32.1. The summed E-state index contributed by atoms with van der Waals surface area (Å²) in [5.74, 6) is -7.21. The van der Waals surface area contributed by atoms with Gasteiger partial charge in [-0.2, -0.15) is 5.26 Å². The molecule has 2 aromatic carbocycles. The predicted octanol–water partition coefficient (Wildman–Crippen LogP) is 4.94. The van der Waals surface area contributed by atoms with E-state index in [4.69, 9.17) is 5.26 Å². The number of hydrogen-bond acceptors (Lipinski definition) is 4. The van der Waals surface area contributed by atoms with Gasteiger partial charge in [-0.05, 0) is 17.5 Å². The third-order valence-corrected chi connectivity index (χ3v) is 4.88. The average molecular weight is 359 g/mol. The lowest BCUT2D eigenvalue weighted by molar-refractivity contribution is 0.417. The summed E-state index contributed by atoms with van der Waals surface area (Å²) in [5, 5.41) is 15.8. The van der Waals surface area contributed by atoms with Gasteiger partial charge in [0, 0.05) is 4.70 Å². The number of benzene rings is 2. The van der Waals surface area contributed by atoms with Gasteiger partial charge in [-0.3, -0.25) is 0 Å². The normalized spacial score (nSPS) is 11.2. The highest BCUT2D eigenvalue weighted by Gasteiger charge is 2.27. The Morgan fingerprint density at radius 2 is 1.56 bits per heavy atom. The summed E-state index contributed by atoms with van der Waals surface area (Å²) in [6.45, 7) is 0. The first-order valence-electron chi connectivity index (χ1n) is 6.94. The zero-order valence-corrected chi connectivity index (χ0v) is 13.0. The summed E-state index contributed by atoms with van der Waals surface area (Å²) in [4.78, 5) is 0.396. The maximum absolute atomic E-state index is 14.4. The Labute approximate surface area is 141 Å². The number of aromatic nitrogens is 2. The van der Waals surface area contributed by atoms with Gasteiger partial charge in [-0.25, -0.2) is 17.6 Å². The molecule has 25 heavy (non-hydrogen) atoms. The molecule has 0 bridgehead atoms. The monoisotopic (exact) mass is 359 g/mol. The standard InChI is InChI=1S/C17H5F4N3S/c18-13-11-8(6-22)23-24-17(12(11)14(19)16(21)15(13)20)10-5-7-3-1-2-4-9(7)25-10/h1-5H. The van der Waals surface area contributed by atoms with Gasteiger partial charge in [-0.15, -0.1) is 21.5 Å². The van der Waals surface area contributed by atoms with E-state index in [-0.39, 0.29) is 5.69 Å². The lowest BCUT2D eigenvalue weighted by Gasteiger charge is -2.08. The molecule has 0 aliphatic heterocycles. The van der Waals surface area contributed by atoms with Crippen LogP contribution in [0.25, 0.3) is 31.4 Å². The van der Waals surface area contributed by atoms with Gasteiger partial charge in [0.1, 0.15) is 11.8 Å². The Morgan fingerprint density at radius 1 is 0.880 bits per heavy atom. The zero-order valence-electron chi connectivity index (χ0n) is 12.1. The van der Waals surface area contributed by atoms with Crippen molar-refractivity contribution in [1.29, 1.82) is 5.26 Å². The molecule has 0 atom stereocenters. The minimum absolute atomic E-state index is 0.148. The fraction of sp³-hybridized carbons (Fsp3) is 0. The van der Waals surface area contributed by atoms with Crippen LogP contribution in [-0.2, 0) is 0 Å². The minimum atomic E-state index is -1.99. The highest BCUT2D eigenvalue weighted by molar-refractivity contribution is 7.22. The van der Waals surface area contributed by atoms with Crippen molar-refractivity contribution >= 4 is 32.2 Å². The van der Waals surface area contributed by atoms with Gasteiger partial charge in [0.2, 0.25) is 0 Å². The van der Waals surface area contributed by atoms with Crippen molar-refractivity contribution in [2.45, 2.75) is 0 Å². The third-order valence-electron chi connectivity index (χ3n) is 3.76. The van der Waals surface area contributed by atoms with Crippen molar-refractivity contribution < 1.29 is 17.6 Å². The molecule has 0 saturated heterocycles. The van der Waals surface area contributed by atoms with E-state index in [2.05, 4.69) is 10.2 Å². The van der Waals surface area contributed by atoms with E-state index in [9.17, 15) is 17.6 Å². The Hall–Kier alpha value is -3.05. The average Bonchev–Trinajstić information content (AvgIpc) is 3.07. The summed E-state index contributed by atoms with van der Waals surface area (Å²) in [6, 6.07) is 10.4.